The van der Waals surface area contributed by atoms with Gasteiger partial charge in [0.1, 0.15) is 12.4 Å². The smallest absolute Gasteiger partial charge is 0.248 e. The van der Waals surface area contributed by atoms with E-state index in [9.17, 15) is 0 Å². The molecular formula is C18H16N2O2. The molecule has 3 rings (SSSR count). The molecule has 0 radical (unpaired) electrons. The summed E-state index contributed by atoms with van der Waals surface area (Å²) < 4.78 is 11.2. The van der Waals surface area contributed by atoms with Gasteiger partial charge >= 0.3 is 0 Å². The maximum absolute atomic E-state index is 5.78. The molecule has 4 heteroatoms. The molecule has 0 aliphatic carbocycles. The van der Waals surface area contributed by atoms with Gasteiger partial charge in [0.05, 0.1) is 0 Å². The third-order valence-corrected chi connectivity index (χ3v) is 3.27. The topological polar surface area (TPSA) is 48.2 Å². The molecule has 0 bridgehead atoms. The van der Waals surface area contributed by atoms with Crippen LogP contribution in [0.1, 0.15) is 5.56 Å². The van der Waals surface area contributed by atoms with Gasteiger partial charge in [-0.25, -0.2) is 0 Å². The lowest BCUT2D eigenvalue weighted by atomic mass is 10.1. The number of ether oxygens (including phenoxy) is 1. The van der Waals surface area contributed by atoms with Crippen LogP contribution in [0.3, 0.4) is 0 Å². The first-order chi connectivity index (χ1) is 10.8. The molecule has 0 N–H and O–H groups in total. The van der Waals surface area contributed by atoms with Crippen molar-refractivity contribution in [3.05, 3.63) is 66.7 Å². The minimum absolute atomic E-state index is 0.483. The highest BCUT2D eigenvalue weighted by atomic mass is 16.5. The van der Waals surface area contributed by atoms with Gasteiger partial charge in [-0.2, -0.15) is 0 Å². The highest BCUT2D eigenvalue weighted by Crippen LogP contribution is 2.27. The zero-order valence-corrected chi connectivity index (χ0v) is 12.3. The van der Waals surface area contributed by atoms with Gasteiger partial charge in [0.25, 0.3) is 0 Å². The predicted octanol–water partition coefficient (Wildman–Crippen LogP) is 4.28. The van der Waals surface area contributed by atoms with Crippen molar-refractivity contribution in [1.82, 2.24) is 10.2 Å². The van der Waals surface area contributed by atoms with Gasteiger partial charge in [0, 0.05) is 11.1 Å². The van der Waals surface area contributed by atoms with Gasteiger partial charge in [-0.05, 0) is 42.8 Å². The van der Waals surface area contributed by atoms with Gasteiger partial charge in [0.2, 0.25) is 11.8 Å². The van der Waals surface area contributed by atoms with E-state index in [1.165, 1.54) is 0 Å². The van der Waals surface area contributed by atoms with E-state index in [2.05, 4.69) is 16.8 Å². The first-order valence-electron chi connectivity index (χ1n) is 7.01. The fraction of sp³-hybridized carbons (Fsp3) is 0.111. The van der Waals surface area contributed by atoms with Crippen molar-refractivity contribution in [2.24, 2.45) is 0 Å². The zero-order chi connectivity index (χ0) is 15.4. The number of benzene rings is 2. The molecule has 3 aromatic rings. The summed E-state index contributed by atoms with van der Waals surface area (Å²) in [5, 5.41) is 8.26. The van der Waals surface area contributed by atoms with Crippen LogP contribution in [0.5, 0.6) is 5.75 Å². The standard InChI is InChI=1S/C18H16N2O2/c1-3-12-21-15-10-8-14(9-11-15)17-19-20-18(22-17)16-7-5-4-6-13(16)2/h3-11H,1,12H2,2H3. The summed E-state index contributed by atoms with van der Waals surface area (Å²) in [6, 6.07) is 15.5. The van der Waals surface area contributed by atoms with Crippen molar-refractivity contribution in [3.8, 4) is 28.7 Å². The molecule has 110 valence electrons. The van der Waals surface area contributed by atoms with Crippen LogP contribution < -0.4 is 4.74 Å². The Hall–Kier alpha value is -2.88. The summed E-state index contributed by atoms with van der Waals surface area (Å²) in [6.45, 7) is 6.12. The highest BCUT2D eigenvalue weighted by molar-refractivity contribution is 5.61. The normalized spacial score (nSPS) is 10.4. The summed E-state index contributed by atoms with van der Waals surface area (Å²) in [5.41, 5.74) is 2.91. The minimum Gasteiger partial charge on any atom is -0.490 e. The van der Waals surface area contributed by atoms with Crippen molar-refractivity contribution in [1.29, 1.82) is 0 Å². The first-order valence-corrected chi connectivity index (χ1v) is 7.01. The quantitative estimate of drug-likeness (QED) is 0.659. The second kappa shape index (κ2) is 6.26. The van der Waals surface area contributed by atoms with E-state index in [1.54, 1.807) is 6.08 Å². The lowest BCUT2D eigenvalue weighted by Crippen LogP contribution is -1.92. The van der Waals surface area contributed by atoms with E-state index in [4.69, 9.17) is 9.15 Å². The van der Waals surface area contributed by atoms with Crippen LogP contribution >= 0.6 is 0 Å². The van der Waals surface area contributed by atoms with Crippen LogP contribution in [0.15, 0.2) is 65.6 Å². The Bertz CT molecular complexity index is 776. The van der Waals surface area contributed by atoms with Crippen molar-refractivity contribution in [2.45, 2.75) is 6.92 Å². The largest absolute Gasteiger partial charge is 0.490 e. The molecule has 0 aliphatic heterocycles. The summed E-state index contributed by atoms with van der Waals surface area (Å²) in [5.74, 6) is 1.80. The number of nitrogens with zero attached hydrogens (tertiary/aromatic N) is 2. The maximum Gasteiger partial charge on any atom is 0.248 e. The lowest BCUT2D eigenvalue weighted by molar-refractivity contribution is 0.363. The summed E-state index contributed by atoms with van der Waals surface area (Å²) >= 11 is 0. The SMILES string of the molecule is C=CCOc1ccc(-c2nnc(-c3ccccc3C)o2)cc1. The molecule has 22 heavy (non-hydrogen) atoms. The molecule has 0 aliphatic rings. The summed E-state index contributed by atoms with van der Waals surface area (Å²) in [7, 11) is 0. The monoisotopic (exact) mass is 292 g/mol. The van der Waals surface area contributed by atoms with Crippen LogP contribution in [0, 0.1) is 6.92 Å². The molecule has 0 saturated carbocycles. The Kier molecular flexibility index (Phi) is 4.01. The molecule has 0 atom stereocenters. The molecule has 0 unspecified atom stereocenters. The van der Waals surface area contributed by atoms with Crippen LogP contribution in [0.25, 0.3) is 22.9 Å². The molecule has 4 nitrogen and oxygen atoms in total. The predicted molar refractivity (Wildman–Crippen MR) is 85.6 cm³/mol. The maximum atomic E-state index is 5.78. The number of hydrogen-bond acceptors (Lipinski definition) is 4. The number of aryl methyl sites for hydroxylation is 1. The van der Waals surface area contributed by atoms with E-state index in [0.29, 0.717) is 18.4 Å². The fourth-order valence-electron chi connectivity index (χ4n) is 2.11. The van der Waals surface area contributed by atoms with Crippen molar-refractivity contribution in [3.63, 3.8) is 0 Å². The molecule has 1 heterocycles. The van der Waals surface area contributed by atoms with Crippen LogP contribution in [-0.2, 0) is 0 Å². The Labute approximate surface area is 129 Å². The molecule has 1 aromatic heterocycles. The van der Waals surface area contributed by atoms with Crippen LogP contribution in [0.4, 0.5) is 0 Å². The van der Waals surface area contributed by atoms with Crippen LogP contribution in [0.2, 0.25) is 0 Å². The van der Waals surface area contributed by atoms with E-state index >= 15 is 0 Å². The molecule has 0 saturated heterocycles. The average molecular weight is 292 g/mol. The van der Waals surface area contributed by atoms with Gasteiger partial charge < -0.3 is 9.15 Å². The third kappa shape index (κ3) is 2.91. The van der Waals surface area contributed by atoms with E-state index in [0.717, 1.165) is 22.4 Å². The molecule has 0 amide bonds. The van der Waals surface area contributed by atoms with Crippen LogP contribution in [-0.4, -0.2) is 16.8 Å². The van der Waals surface area contributed by atoms with Gasteiger partial charge in [-0.3, -0.25) is 0 Å². The zero-order valence-electron chi connectivity index (χ0n) is 12.3. The molecular weight excluding hydrogens is 276 g/mol. The first kappa shape index (κ1) is 14.1. The molecule has 2 aromatic carbocycles. The van der Waals surface area contributed by atoms with Gasteiger partial charge in [-0.15, -0.1) is 10.2 Å². The van der Waals surface area contributed by atoms with Gasteiger partial charge in [-0.1, -0.05) is 30.9 Å². The fourth-order valence-corrected chi connectivity index (χ4v) is 2.11. The number of aromatic nitrogens is 2. The Morgan fingerprint density at radius 1 is 1.05 bits per heavy atom. The third-order valence-electron chi connectivity index (χ3n) is 3.27. The Balaban J connectivity index is 1.84. The average Bonchev–Trinajstić information content (AvgIpc) is 3.03. The van der Waals surface area contributed by atoms with E-state index < -0.39 is 0 Å². The van der Waals surface area contributed by atoms with Crippen molar-refractivity contribution >= 4 is 0 Å². The molecule has 0 spiro atoms. The van der Waals surface area contributed by atoms with Crippen molar-refractivity contribution < 1.29 is 9.15 Å². The van der Waals surface area contributed by atoms with E-state index in [1.807, 2.05) is 55.5 Å². The number of rotatable bonds is 5. The second-order valence-electron chi connectivity index (χ2n) is 4.85. The Morgan fingerprint density at radius 2 is 1.77 bits per heavy atom. The highest BCUT2D eigenvalue weighted by Gasteiger charge is 2.11. The minimum atomic E-state index is 0.483. The van der Waals surface area contributed by atoms with E-state index in [-0.39, 0.29) is 0 Å². The summed E-state index contributed by atoms with van der Waals surface area (Å²) in [6.07, 6.45) is 1.71. The number of hydrogen-bond donors (Lipinski definition) is 0. The summed E-state index contributed by atoms with van der Waals surface area (Å²) in [4.78, 5) is 0. The lowest BCUT2D eigenvalue weighted by Gasteiger charge is -2.03. The molecule has 0 fully saturated rings. The second-order valence-corrected chi connectivity index (χ2v) is 4.85. The van der Waals surface area contributed by atoms with Crippen molar-refractivity contribution in [2.75, 3.05) is 6.61 Å². The van der Waals surface area contributed by atoms with Gasteiger partial charge in [0.15, 0.2) is 0 Å². The Morgan fingerprint density at radius 3 is 2.50 bits per heavy atom.